The summed E-state index contributed by atoms with van der Waals surface area (Å²) < 4.78 is 0. The summed E-state index contributed by atoms with van der Waals surface area (Å²) in [5, 5.41) is 8.86. The highest BCUT2D eigenvalue weighted by Crippen LogP contribution is 2.18. The molecule has 0 saturated carbocycles. The zero-order chi connectivity index (χ0) is 13.1. The van der Waals surface area contributed by atoms with Crippen molar-refractivity contribution in [2.75, 3.05) is 0 Å². The Balaban J connectivity index is 2.66. The molecule has 0 fully saturated rings. The summed E-state index contributed by atoms with van der Waals surface area (Å²) in [5.41, 5.74) is 2.10. The van der Waals surface area contributed by atoms with Crippen molar-refractivity contribution in [3.63, 3.8) is 0 Å². The number of rotatable bonds is 2. The van der Waals surface area contributed by atoms with Crippen LogP contribution >= 0.6 is 0 Å². The van der Waals surface area contributed by atoms with Gasteiger partial charge in [0.1, 0.15) is 11.9 Å². The summed E-state index contributed by atoms with van der Waals surface area (Å²) in [5.74, 6) is 0.628. The molecule has 5 nitrogen and oxygen atoms in total. The Morgan fingerprint density at radius 2 is 2.22 bits per heavy atom. The van der Waals surface area contributed by atoms with Crippen molar-refractivity contribution in [3.8, 4) is 17.3 Å². The molecule has 0 aliphatic rings. The second-order valence-electron chi connectivity index (χ2n) is 3.91. The van der Waals surface area contributed by atoms with Gasteiger partial charge >= 0.3 is 0 Å². The maximum Gasteiger partial charge on any atom is 0.254 e. The molecule has 0 radical (unpaired) electrons. The fraction of sp³-hybridized carbons (Fsp3) is 0.231. The zero-order valence-corrected chi connectivity index (χ0v) is 10.2. The van der Waals surface area contributed by atoms with Crippen LogP contribution in [0.25, 0.3) is 11.3 Å². The molecule has 2 heterocycles. The number of aromatic amines is 1. The summed E-state index contributed by atoms with van der Waals surface area (Å²) in [6.45, 7) is 3.63. The number of aryl methyl sites for hydroxylation is 1. The van der Waals surface area contributed by atoms with E-state index in [9.17, 15) is 4.79 Å². The lowest BCUT2D eigenvalue weighted by Gasteiger charge is -2.06. The van der Waals surface area contributed by atoms with Crippen molar-refractivity contribution < 1.29 is 0 Å². The summed E-state index contributed by atoms with van der Waals surface area (Å²) in [4.78, 5) is 22.9. The van der Waals surface area contributed by atoms with Gasteiger partial charge in [-0.25, -0.2) is 4.98 Å². The number of aromatic nitrogens is 3. The fourth-order valence-electron chi connectivity index (χ4n) is 1.66. The minimum Gasteiger partial charge on any atom is -0.310 e. The van der Waals surface area contributed by atoms with Crippen molar-refractivity contribution in [1.29, 1.82) is 5.26 Å². The molecule has 0 bridgehead atoms. The average Bonchev–Trinajstić information content (AvgIpc) is 2.41. The third kappa shape index (κ3) is 2.13. The molecule has 0 amide bonds. The lowest BCUT2D eigenvalue weighted by Crippen LogP contribution is -2.15. The Bertz CT molecular complexity index is 682. The summed E-state index contributed by atoms with van der Waals surface area (Å²) in [6, 6.07) is 3.71. The first kappa shape index (κ1) is 12.0. The lowest BCUT2D eigenvalue weighted by molar-refractivity contribution is 0.911. The van der Waals surface area contributed by atoms with E-state index in [4.69, 9.17) is 5.26 Å². The minimum absolute atomic E-state index is 0.154. The first-order valence-electron chi connectivity index (χ1n) is 5.61. The second kappa shape index (κ2) is 4.80. The Hall–Kier alpha value is -2.48. The molecule has 1 N–H and O–H groups in total. The predicted molar refractivity (Wildman–Crippen MR) is 66.9 cm³/mol. The quantitative estimate of drug-likeness (QED) is 0.863. The maximum atomic E-state index is 11.8. The van der Waals surface area contributed by atoms with Crippen molar-refractivity contribution >= 4 is 0 Å². The molecule has 2 aromatic rings. The van der Waals surface area contributed by atoms with Crippen LogP contribution in [0.3, 0.4) is 0 Å². The van der Waals surface area contributed by atoms with E-state index in [0.29, 0.717) is 34.6 Å². The predicted octanol–water partition coefficient (Wildman–Crippen LogP) is 1.57. The van der Waals surface area contributed by atoms with Crippen LogP contribution in [0.15, 0.2) is 23.3 Å². The standard InChI is InChI=1S/C13H12N4O/c1-3-11-16-12(8(2)13(18)17-11)10-4-9(5-14)6-15-7-10/h4,6-7H,3H2,1-2H3,(H,16,17,18). The molecule has 0 aromatic carbocycles. The van der Waals surface area contributed by atoms with E-state index in [0.717, 1.165) is 0 Å². The van der Waals surface area contributed by atoms with Gasteiger partial charge in [-0.2, -0.15) is 5.26 Å². The second-order valence-corrected chi connectivity index (χ2v) is 3.91. The number of H-pyrrole nitrogens is 1. The highest BCUT2D eigenvalue weighted by molar-refractivity contribution is 5.62. The van der Waals surface area contributed by atoms with Gasteiger partial charge in [0.15, 0.2) is 0 Å². The Kier molecular flexibility index (Phi) is 3.20. The van der Waals surface area contributed by atoms with Crippen molar-refractivity contribution in [2.24, 2.45) is 0 Å². The molecule has 0 aliphatic heterocycles. The normalized spacial score (nSPS) is 10.1. The Labute approximate surface area is 104 Å². The summed E-state index contributed by atoms with van der Waals surface area (Å²) in [7, 11) is 0. The van der Waals surface area contributed by atoms with Gasteiger partial charge < -0.3 is 4.98 Å². The molecule has 0 aliphatic carbocycles. The maximum absolute atomic E-state index is 11.8. The molecule has 2 rings (SSSR count). The van der Waals surface area contributed by atoms with Crippen LogP contribution in [0, 0.1) is 18.3 Å². The van der Waals surface area contributed by atoms with Gasteiger partial charge in [-0.3, -0.25) is 9.78 Å². The molecule has 0 saturated heterocycles. The first-order chi connectivity index (χ1) is 8.65. The molecule has 0 atom stereocenters. The van der Waals surface area contributed by atoms with Crippen LogP contribution in [-0.2, 0) is 6.42 Å². The number of nitriles is 1. The van der Waals surface area contributed by atoms with Gasteiger partial charge in [0, 0.05) is 29.9 Å². The molecule has 90 valence electrons. The fourth-order valence-corrected chi connectivity index (χ4v) is 1.66. The smallest absolute Gasteiger partial charge is 0.254 e. The van der Waals surface area contributed by atoms with Crippen LogP contribution in [0.1, 0.15) is 23.9 Å². The van der Waals surface area contributed by atoms with Crippen LogP contribution in [0.5, 0.6) is 0 Å². The molecule has 18 heavy (non-hydrogen) atoms. The summed E-state index contributed by atoms with van der Waals surface area (Å²) >= 11 is 0. The van der Waals surface area contributed by atoms with E-state index in [1.807, 2.05) is 13.0 Å². The Morgan fingerprint density at radius 3 is 2.89 bits per heavy atom. The van der Waals surface area contributed by atoms with Crippen molar-refractivity contribution in [2.45, 2.75) is 20.3 Å². The molecular weight excluding hydrogens is 228 g/mol. The van der Waals surface area contributed by atoms with Gasteiger partial charge in [0.25, 0.3) is 5.56 Å². The number of nitrogens with one attached hydrogen (secondary N) is 1. The molecule has 0 unspecified atom stereocenters. The van der Waals surface area contributed by atoms with Gasteiger partial charge in [-0.05, 0) is 13.0 Å². The number of nitrogens with zero attached hydrogens (tertiary/aromatic N) is 3. The van der Waals surface area contributed by atoms with Crippen LogP contribution in [0.2, 0.25) is 0 Å². The van der Waals surface area contributed by atoms with Gasteiger partial charge in [0.05, 0.1) is 11.3 Å². The monoisotopic (exact) mass is 240 g/mol. The van der Waals surface area contributed by atoms with Crippen LogP contribution in [0.4, 0.5) is 0 Å². The van der Waals surface area contributed by atoms with E-state index >= 15 is 0 Å². The largest absolute Gasteiger partial charge is 0.310 e. The van der Waals surface area contributed by atoms with Crippen LogP contribution in [-0.4, -0.2) is 15.0 Å². The third-order valence-corrected chi connectivity index (χ3v) is 2.68. The topological polar surface area (TPSA) is 82.4 Å². The zero-order valence-electron chi connectivity index (χ0n) is 10.2. The van der Waals surface area contributed by atoms with Crippen LogP contribution < -0.4 is 5.56 Å². The number of hydrogen-bond donors (Lipinski definition) is 1. The molecule has 5 heteroatoms. The minimum atomic E-state index is -0.154. The van der Waals surface area contributed by atoms with Gasteiger partial charge in [-0.1, -0.05) is 6.92 Å². The van der Waals surface area contributed by atoms with E-state index < -0.39 is 0 Å². The highest BCUT2D eigenvalue weighted by atomic mass is 16.1. The van der Waals surface area contributed by atoms with E-state index in [1.165, 1.54) is 6.20 Å². The lowest BCUT2D eigenvalue weighted by atomic mass is 10.1. The van der Waals surface area contributed by atoms with Crippen molar-refractivity contribution in [1.82, 2.24) is 15.0 Å². The Morgan fingerprint density at radius 1 is 1.44 bits per heavy atom. The molecule has 2 aromatic heterocycles. The summed E-state index contributed by atoms with van der Waals surface area (Å²) in [6.07, 6.45) is 3.73. The first-order valence-corrected chi connectivity index (χ1v) is 5.61. The molecule has 0 spiro atoms. The molecular formula is C13H12N4O. The van der Waals surface area contributed by atoms with E-state index in [2.05, 4.69) is 15.0 Å². The van der Waals surface area contributed by atoms with E-state index in [-0.39, 0.29) is 5.56 Å². The van der Waals surface area contributed by atoms with E-state index in [1.54, 1.807) is 19.2 Å². The van der Waals surface area contributed by atoms with Gasteiger partial charge in [0.2, 0.25) is 0 Å². The van der Waals surface area contributed by atoms with Gasteiger partial charge in [-0.15, -0.1) is 0 Å². The third-order valence-electron chi connectivity index (χ3n) is 2.68. The average molecular weight is 240 g/mol. The van der Waals surface area contributed by atoms with Crippen molar-refractivity contribution in [3.05, 3.63) is 45.8 Å². The number of hydrogen-bond acceptors (Lipinski definition) is 4. The SMILES string of the molecule is CCc1nc(-c2cncc(C#N)c2)c(C)c(=O)[nH]1. The number of pyridine rings is 1. The highest BCUT2D eigenvalue weighted by Gasteiger charge is 2.10.